The number of aliphatic hydroxyl groups excluding tert-OH is 2. The first kappa shape index (κ1) is 29.7. The van der Waals surface area contributed by atoms with E-state index < -0.39 is 41.4 Å². The molecule has 0 saturated carbocycles. The van der Waals surface area contributed by atoms with E-state index in [4.69, 9.17) is 27.9 Å². The number of nitrogens with zero attached hydrogens (tertiary/aromatic N) is 1. The average Bonchev–Trinajstić information content (AvgIpc) is 3.23. The van der Waals surface area contributed by atoms with E-state index in [1.165, 1.54) is 4.90 Å². The number of aliphatic hydroxyl groups is 2. The van der Waals surface area contributed by atoms with Gasteiger partial charge in [-0.25, -0.2) is 4.79 Å². The molecule has 0 radical (unpaired) electrons. The molecule has 206 valence electrons. The first-order valence-electron chi connectivity index (χ1n) is 12.4. The van der Waals surface area contributed by atoms with Crippen LogP contribution in [0.2, 0.25) is 10.0 Å². The lowest BCUT2D eigenvalue weighted by molar-refractivity contribution is -0.154. The van der Waals surface area contributed by atoms with Gasteiger partial charge in [0.2, 0.25) is 11.8 Å². The molecule has 1 saturated heterocycles. The molecule has 0 bridgehead atoms. The van der Waals surface area contributed by atoms with Gasteiger partial charge in [0.25, 0.3) is 0 Å². The van der Waals surface area contributed by atoms with Crippen molar-refractivity contribution in [2.24, 2.45) is 5.41 Å². The lowest BCUT2D eigenvalue weighted by Gasteiger charge is -2.34. The number of hydrogen-bond acceptors (Lipinski definition) is 6. The fourth-order valence-corrected chi connectivity index (χ4v) is 4.99. The second-order valence-corrected chi connectivity index (χ2v) is 10.1. The van der Waals surface area contributed by atoms with Crippen LogP contribution in [-0.2, 0) is 27.4 Å². The molecule has 2 aromatic carbocycles. The number of amides is 2. The van der Waals surface area contributed by atoms with E-state index in [0.717, 1.165) is 0 Å². The number of carbonyl (C=O) groups is 3. The second kappa shape index (κ2) is 12.8. The van der Waals surface area contributed by atoms with Crippen molar-refractivity contribution >= 4 is 41.0 Å². The zero-order chi connectivity index (χ0) is 28.0. The quantitative estimate of drug-likeness (QED) is 0.307. The molecule has 1 aliphatic heterocycles. The Morgan fingerprint density at radius 2 is 1.58 bits per heavy atom. The van der Waals surface area contributed by atoms with Gasteiger partial charge in [0.15, 0.2) is 0 Å². The molecule has 2 aromatic rings. The molecular weight excluding hydrogens is 535 g/mol. The molecule has 38 heavy (non-hydrogen) atoms. The molecule has 11 heteroatoms. The predicted molar refractivity (Wildman–Crippen MR) is 142 cm³/mol. The number of carboxylic acids is 1. The van der Waals surface area contributed by atoms with Crippen LogP contribution in [0.15, 0.2) is 42.5 Å². The highest BCUT2D eigenvalue weighted by atomic mass is 35.5. The Morgan fingerprint density at radius 3 is 2.08 bits per heavy atom. The van der Waals surface area contributed by atoms with Crippen LogP contribution in [-0.4, -0.2) is 69.3 Å². The van der Waals surface area contributed by atoms with E-state index >= 15 is 0 Å². The third-order valence-corrected chi connectivity index (χ3v) is 7.72. The largest absolute Gasteiger partial charge is 0.489 e. The van der Waals surface area contributed by atoms with Crippen LogP contribution < -0.4 is 10.1 Å². The van der Waals surface area contributed by atoms with E-state index in [-0.39, 0.29) is 39.0 Å². The van der Waals surface area contributed by atoms with E-state index in [9.17, 15) is 29.7 Å². The third-order valence-electron chi connectivity index (χ3n) is 7.01. The summed E-state index contributed by atoms with van der Waals surface area (Å²) in [5.41, 5.74) is -0.234. The lowest BCUT2D eigenvalue weighted by Crippen LogP contribution is -2.55. The summed E-state index contributed by atoms with van der Waals surface area (Å²) < 4.78 is 5.76. The fraction of sp³-hybridized carbons (Fsp3) is 0.444. The van der Waals surface area contributed by atoms with Crippen LogP contribution in [0.25, 0.3) is 0 Å². The Balaban J connectivity index is 1.68. The summed E-state index contributed by atoms with van der Waals surface area (Å²) in [4.78, 5) is 39.9. The molecule has 4 N–H and O–H groups in total. The van der Waals surface area contributed by atoms with Gasteiger partial charge in [0, 0.05) is 35.1 Å². The van der Waals surface area contributed by atoms with Gasteiger partial charge in [0.05, 0.1) is 12.2 Å². The number of nitrogens with one attached hydrogen (secondary N) is 1. The first-order valence-corrected chi connectivity index (χ1v) is 13.1. The molecule has 1 fully saturated rings. The molecule has 3 atom stereocenters. The van der Waals surface area contributed by atoms with Crippen molar-refractivity contribution < 1.29 is 34.4 Å². The topological polar surface area (TPSA) is 136 Å². The fourth-order valence-electron chi connectivity index (χ4n) is 4.49. The average molecular weight is 567 g/mol. The number of β-amino-alcohol motifs (C(OH)–C–C–N with tert-alkyl or cyclic N) is 2. The molecular formula is C27H32Cl2N2O7. The molecule has 9 nitrogen and oxygen atoms in total. The summed E-state index contributed by atoms with van der Waals surface area (Å²) in [6.45, 7) is 3.33. The van der Waals surface area contributed by atoms with E-state index in [1.54, 1.807) is 56.3 Å². The van der Waals surface area contributed by atoms with Crippen LogP contribution in [0.3, 0.4) is 0 Å². The normalized spacial score (nSPS) is 18.2. The van der Waals surface area contributed by atoms with Crippen molar-refractivity contribution in [1.29, 1.82) is 0 Å². The summed E-state index contributed by atoms with van der Waals surface area (Å²) in [5.74, 6) is -1.96. The predicted octanol–water partition coefficient (Wildman–Crippen LogP) is 3.05. The minimum Gasteiger partial charge on any atom is -0.489 e. The zero-order valence-corrected chi connectivity index (χ0v) is 22.7. The van der Waals surface area contributed by atoms with Gasteiger partial charge in [-0.15, -0.1) is 0 Å². The van der Waals surface area contributed by atoms with Crippen LogP contribution in [0.4, 0.5) is 0 Å². The maximum absolute atomic E-state index is 13.3. The van der Waals surface area contributed by atoms with Crippen LogP contribution >= 0.6 is 23.2 Å². The molecule has 2 amide bonds. The van der Waals surface area contributed by atoms with Crippen molar-refractivity contribution in [2.45, 2.75) is 58.0 Å². The monoisotopic (exact) mass is 566 g/mol. The first-order chi connectivity index (χ1) is 18.0. The number of carbonyl (C=O) groups excluding carboxylic acids is 2. The van der Waals surface area contributed by atoms with E-state index in [2.05, 4.69) is 5.32 Å². The number of rotatable bonds is 11. The van der Waals surface area contributed by atoms with E-state index in [0.29, 0.717) is 26.9 Å². The Hall–Kier alpha value is -2.85. The van der Waals surface area contributed by atoms with Gasteiger partial charge < -0.3 is 30.3 Å². The van der Waals surface area contributed by atoms with E-state index in [1.807, 2.05) is 0 Å². The number of hydrogen-bond donors (Lipinski definition) is 4. The van der Waals surface area contributed by atoms with Crippen molar-refractivity contribution in [1.82, 2.24) is 10.2 Å². The molecule has 0 spiro atoms. The number of halogens is 2. The van der Waals surface area contributed by atoms with Gasteiger partial charge in [0.1, 0.15) is 23.8 Å². The van der Waals surface area contributed by atoms with Crippen LogP contribution in [0, 0.1) is 5.41 Å². The van der Waals surface area contributed by atoms with Crippen LogP contribution in [0.1, 0.15) is 37.8 Å². The number of benzene rings is 2. The molecule has 1 aliphatic rings. The summed E-state index contributed by atoms with van der Waals surface area (Å²) in [7, 11) is 0. The molecule has 3 rings (SSSR count). The standard InChI is InChI=1S/C27H32Cl2N2O7/c1-3-27(4-2,26(37)31-13-22(32)23(33)14-31)25(36)30-21(24(34)35)12-16-8-10-17(11-9-16)38-15-18-19(28)6-5-7-20(18)29/h5-11,21-23,32-33H,3-4,12-15H2,1-2H3,(H,30,36)(H,34,35)/t21-,22?,23?/m0/s1. The second-order valence-electron chi connectivity index (χ2n) is 9.34. The number of aliphatic carboxylic acids is 1. The lowest BCUT2D eigenvalue weighted by atomic mass is 9.79. The maximum atomic E-state index is 13.3. The highest BCUT2D eigenvalue weighted by Crippen LogP contribution is 2.32. The smallest absolute Gasteiger partial charge is 0.326 e. The Bertz CT molecular complexity index is 1120. The van der Waals surface area contributed by atoms with Crippen molar-refractivity contribution in [3.05, 3.63) is 63.6 Å². The summed E-state index contributed by atoms with van der Waals surface area (Å²) >= 11 is 12.3. The number of ether oxygens (including phenoxy) is 1. The Labute approximate surface area is 231 Å². The van der Waals surface area contributed by atoms with Gasteiger partial charge >= 0.3 is 5.97 Å². The Kier molecular flexibility index (Phi) is 10.0. The van der Waals surface area contributed by atoms with Crippen molar-refractivity contribution in [3.63, 3.8) is 0 Å². The summed E-state index contributed by atoms with van der Waals surface area (Å²) in [6.07, 6.45) is -1.94. The van der Waals surface area contributed by atoms with Gasteiger partial charge in [-0.2, -0.15) is 0 Å². The van der Waals surface area contributed by atoms with Gasteiger partial charge in [-0.05, 0) is 42.7 Å². The summed E-state index contributed by atoms with van der Waals surface area (Å²) in [6, 6.07) is 10.6. The van der Waals surface area contributed by atoms with Crippen molar-refractivity contribution in [3.8, 4) is 5.75 Å². The maximum Gasteiger partial charge on any atom is 0.326 e. The van der Waals surface area contributed by atoms with Crippen LogP contribution in [0.5, 0.6) is 5.75 Å². The Morgan fingerprint density at radius 1 is 1.03 bits per heavy atom. The molecule has 2 unspecified atom stereocenters. The zero-order valence-electron chi connectivity index (χ0n) is 21.2. The number of likely N-dealkylation sites (tertiary alicyclic amines) is 1. The van der Waals surface area contributed by atoms with Gasteiger partial charge in [-0.1, -0.05) is 55.2 Å². The summed E-state index contributed by atoms with van der Waals surface area (Å²) in [5, 5.41) is 33.0. The minimum atomic E-state index is -1.52. The van der Waals surface area contributed by atoms with Crippen molar-refractivity contribution in [2.75, 3.05) is 13.1 Å². The number of carboxylic acid groups (broad SMARTS) is 1. The highest BCUT2D eigenvalue weighted by molar-refractivity contribution is 6.35. The third kappa shape index (κ3) is 6.58. The van der Waals surface area contributed by atoms with Gasteiger partial charge in [-0.3, -0.25) is 9.59 Å². The highest BCUT2D eigenvalue weighted by Gasteiger charge is 2.48. The SMILES string of the molecule is CCC(CC)(C(=O)N[C@@H](Cc1ccc(OCc2c(Cl)cccc2Cl)cc1)C(=O)O)C(=O)N1CC(O)C(O)C1. The molecule has 0 aliphatic carbocycles. The molecule has 0 aromatic heterocycles. The minimum absolute atomic E-state index is 0.0173. The molecule has 1 heterocycles.